The zero-order chi connectivity index (χ0) is 14.0. The highest BCUT2D eigenvalue weighted by molar-refractivity contribution is 5.99. The van der Waals surface area contributed by atoms with Gasteiger partial charge in [0.2, 0.25) is 0 Å². The summed E-state index contributed by atoms with van der Waals surface area (Å²) in [5, 5.41) is 11.3. The SMILES string of the molecule is CCCCC/C=C(\C#N)C(=O)N[C@@H](C)C(=O)OC. The van der Waals surface area contributed by atoms with Crippen LogP contribution in [0.2, 0.25) is 0 Å². The van der Waals surface area contributed by atoms with Crippen LogP contribution in [0.1, 0.15) is 39.5 Å². The summed E-state index contributed by atoms with van der Waals surface area (Å²) in [6.07, 6.45) is 5.39. The van der Waals surface area contributed by atoms with Crippen LogP contribution in [0.15, 0.2) is 11.6 Å². The molecule has 5 nitrogen and oxygen atoms in total. The molecule has 0 spiro atoms. The lowest BCUT2D eigenvalue weighted by Gasteiger charge is -2.10. The number of nitrogens with zero attached hydrogens (tertiary/aromatic N) is 1. The number of hydrogen-bond donors (Lipinski definition) is 1. The van der Waals surface area contributed by atoms with Gasteiger partial charge in [-0.25, -0.2) is 4.79 Å². The zero-order valence-electron chi connectivity index (χ0n) is 11.2. The molecule has 0 heterocycles. The molecule has 1 N–H and O–H groups in total. The summed E-state index contributed by atoms with van der Waals surface area (Å²) < 4.78 is 4.48. The summed E-state index contributed by atoms with van der Waals surface area (Å²) in [5.41, 5.74) is 0.0434. The second-order valence-corrected chi connectivity index (χ2v) is 3.94. The average Bonchev–Trinajstić information content (AvgIpc) is 2.37. The smallest absolute Gasteiger partial charge is 0.328 e. The number of ether oxygens (including phenoxy) is 1. The van der Waals surface area contributed by atoms with Gasteiger partial charge in [-0.15, -0.1) is 0 Å². The quantitative estimate of drug-likeness (QED) is 0.323. The van der Waals surface area contributed by atoms with Gasteiger partial charge >= 0.3 is 5.97 Å². The molecule has 1 amide bonds. The van der Waals surface area contributed by atoms with E-state index < -0.39 is 17.9 Å². The Morgan fingerprint density at radius 1 is 1.44 bits per heavy atom. The summed E-state index contributed by atoms with van der Waals surface area (Å²) in [4.78, 5) is 22.8. The van der Waals surface area contributed by atoms with E-state index in [1.54, 1.807) is 6.08 Å². The molecule has 5 heteroatoms. The maximum Gasteiger partial charge on any atom is 0.328 e. The molecule has 0 aliphatic carbocycles. The molecule has 0 bridgehead atoms. The first-order valence-electron chi connectivity index (χ1n) is 6.05. The summed E-state index contributed by atoms with van der Waals surface area (Å²) in [5.74, 6) is -1.07. The van der Waals surface area contributed by atoms with Crippen molar-refractivity contribution in [3.8, 4) is 6.07 Å². The van der Waals surface area contributed by atoms with Crippen LogP contribution < -0.4 is 5.32 Å². The number of unbranched alkanes of at least 4 members (excludes halogenated alkanes) is 3. The Balaban J connectivity index is 4.36. The molecule has 0 aromatic heterocycles. The third-order valence-corrected chi connectivity index (χ3v) is 2.42. The molecular formula is C13H20N2O3. The second kappa shape index (κ2) is 9.23. The second-order valence-electron chi connectivity index (χ2n) is 3.94. The van der Waals surface area contributed by atoms with Crippen molar-refractivity contribution in [2.24, 2.45) is 0 Å². The molecule has 0 aliphatic rings. The van der Waals surface area contributed by atoms with Crippen molar-refractivity contribution in [3.63, 3.8) is 0 Å². The standard InChI is InChI=1S/C13H20N2O3/c1-4-5-6-7-8-11(9-14)12(16)15-10(2)13(17)18-3/h8,10H,4-7H2,1-3H3,(H,15,16)/b11-8+/t10-/m0/s1. The minimum Gasteiger partial charge on any atom is -0.467 e. The molecule has 100 valence electrons. The number of methoxy groups -OCH3 is 1. The first kappa shape index (κ1) is 16.2. The van der Waals surface area contributed by atoms with Crippen molar-refractivity contribution in [1.82, 2.24) is 5.32 Å². The molecule has 0 unspecified atom stereocenters. The first-order chi connectivity index (χ1) is 8.56. The number of carbonyl (C=O) groups is 2. The minimum absolute atomic E-state index is 0.0434. The maximum atomic E-state index is 11.7. The number of carbonyl (C=O) groups excluding carboxylic acids is 2. The lowest BCUT2D eigenvalue weighted by Crippen LogP contribution is -2.39. The van der Waals surface area contributed by atoms with Crippen LogP contribution in [0.25, 0.3) is 0 Å². The Labute approximate surface area is 108 Å². The lowest BCUT2D eigenvalue weighted by atomic mass is 10.1. The highest BCUT2D eigenvalue weighted by Gasteiger charge is 2.17. The molecule has 0 saturated heterocycles. The molecule has 0 aliphatic heterocycles. The molecule has 0 saturated carbocycles. The number of nitrogens with one attached hydrogen (secondary N) is 1. The number of hydrogen-bond acceptors (Lipinski definition) is 4. The fourth-order valence-corrected chi connectivity index (χ4v) is 1.34. The van der Waals surface area contributed by atoms with Crippen LogP contribution in [-0.4, -0.2) is 25.0 Å². The van der Waals surface area contributed by atoms with E-state index in [2.05, 4.69) is 17.0 Å². The van der Waals surface area contributed by atoms with Gasteiger partial charge in [0.05, 0.1) is 7.11 Å². The normalized spacial score (nSPS) is 12.4. The van der Waals surface area contributed by atoms with Crippen LogP contribution in [0.5, 0.6) is 0 Å². The van der Waals surface area contributed by atoms with Crippen LogP contribution in [0, 0.1) is 11.3 Å². The molecule has 0 aromatic rings. The first-order valence-corrected chi connectivity index (χ1v) is 6.05. The van der Waals surface area contributed by atoms with Crippen molar-refractivity contribution in [2.75, 3.05) is 7.11 Å². The van der Waals surface area contributed by atoms with E-state index in [-0.39, 0.29) is 5.57 Å². The summed E-state index contributed by atoms with van der Waals surface area (Å²) >= 11 is 0. The largest absolute Gasteiger partial charge is 0.467 e. The Bertz CT molecular complexity index is 356. The summed E-state index contributed by atoms with van der Waals surface area (Å²) in [7, 11) is 1.25. The van der Waals surface area contributed by atoms with Gasteiger partial charge in [0.25, 0.3) is 5.91 Å². The predicted molar refractivity (Wildman–Crippen MR) is 67.5 cm³/mol. The lowest BCUT2D eigenvalue weighted by molar-refractivity contribution is -0.144. The number of esters is 1. The number of rotatable bonds is 7. The van der Waals surface area contributed by atoms with E-state index in [9.17, 15) is 9.59 Å². The molecule has 0 rings (SSSR count). The number of allylic oxidation sites excluding steroid dienone is 1. The fraction of sp³-hybridized carbons (Fsp3) is 0.615. The summed E-state index contributed by atoms with van der Waals surface area (Å²) in [6, 6.07) is 1.08. The van der Waals surface area contributed by atoms with Gasteiger partial charge in [0, 0.05) is 0 Å². The van der Waals surface area contributed by atoms with Crippen molar-refractivity contribution in [1.29, 1.82) is 5.26 Å². The van der Waals surface area contributed by atoms with E-state index in [1.165, 1.54) is 14.0 Å². The van der Waals surface area contributed by atoms with Crippen molar-refractivity contribution in [2.45, 2.75) is 45.6 Å². The number of nitriles is 1. The van der Waals surface area contributed by atoms with Gasteiger partial charge in [0.1, 0.15) is 17.7 Å². The van der Waals surface area contributed by atoms with E-state index in [1.807, 2.05) is 6.07 Å². The molecule has 1 atom stereocenters. The van der Waals surface area contributed by atoms with Gasteiger partial charge in [0.15, 0.2) is 0 Å². The van der Waals surface area contributed by atoms with Crippen LogP contribution in [0.3, 0.4) is 0 Å². The van der Waals surface area contributed by atoms with Crippen molar-refractivity contribution < 1.29 is 14.3 Å². The molecule has 18 heavy (non-hydrogen) atoms. The Morgan fingerprint density at radius 2 is 2.11 bits per heavy atom. The van der Waals surface area contributed by atoms with Gasteiger partial charge in [-0.1, -0.05) is 25.8 Å². The summed E-state index contributed by atoms with van der Waals surface area (Å²) in [6.45, 7) is 3.59. The predicted octanol–water partition coefficient (Wildman–Crippen LogP) is 1.69. The zero-order valence-corrected chi connectivity index (χ0v) is 11.2. The highest BCUT2D eigenvalue weighted by atomic mass is 16.5. The Hall–Kier alpha value is -1.83. The average molecular weight is 252 g/mol. The maximum absolute atomic E-state index is 11.7. The van der Waals surface area contributed by atoms with Crippen LogP contribution >= 0.6 is 0 Å². The van der Waals surface area contributed by atoms with Crippen molar-refractivity contribution in [3.05, 3.63) is 11.6 Å². The molecule has 0 fully saturated rings. The monoisotopic (exact) mass is 252 g/mol. The minimum atomic E-state index is -0.755. The van der Waals surface area contributed by atoms with E-state index in [0.29, 0.717) is 6.42 Å². The van der Waals surface area contributed by atoms with E-state index >= 15 is 0 Å². The topological polar surface area (TPSA) is 79.2 Å². The van der Waals surface area contributed by atoms with Gasteiger partial charge in [-0.05, 0) is 19.8 Å². The molecule has 0 radical (unpaired) electrons. The van der Waals surface area contributed by atoms with E-state index in [0.717, 1.165) is 19.3 Å². The van der Waals surface area contributed by atoms with Crippen LogP contribution in [0.4, 0.5) is 0 Å². The van der Waals surface area contributed by atoms with Gasteiger partial charge in [-0.3, -0.25) is 4.79 Å². The number of amides is 1. The van der Waals surface area contributed by atoms with E-state index in [4.69, 9.17) is 5.26 Å². The third kappa shape index (κ3) is 6.04. The third-order valence-electron chi connectivity index (χ3n) is 2.42. The Morgan fingerprint density at radius 3 is 2.61 bits per heavy atom. The Kier molecular flexibility index (Phi) is 8.29. The van der Waals surface area contributed by atoms with Crippen molar-refractivity contribution >= 4 is 11.9 Å². The van der Waals surface area contributed by atoms with Gasteiger partial charge < -0.3 is 10.1 Å². The highest BCUT2D eigenvalue weighted by Crippen LogP contribution is 2.04. The van der Waals surface area contributed by atoms with Crippen LogP contribution in [-0.2, 0) is 14.3 Å². The molecule has 0 aromatic carbocycles. The van der Waals surface area contributed by atoms with Gasteiger partial charge in [-0.2, -0.15) is 5.26 Å². The fourth-order valence-electron chi connectivity index (χ4n) is 1.34. The molecular weight excluding hydrogens is 232 g/mol.